The van der Waals surface area contributed by atoms with Crippen LogP contribution in [0.4, 0.5) is 28.8 Å². The Labute approximate surface area is 289 Å². The number of nitrogens with one attached hydrogen (secondary N) is 2. The molecule has 2 N–H and O–H groups in total. The number of hydrogen-bond acceptors (Lipinski definition) is 10. The van der Waals surface area contributed by atoms with Gasteiger partial charge in [-0.2, -0.15) is 4.98 Å². The van der Waals surface area contributed by atoms with Crippen LogP contribution in [0.2, 0.25) is 5.02 Å². The highest BCUT2D eigenvalue weighted by Crippen LogP contribution is 2.47. The van der Waals surface area contributed by atoms with Gasteiger partial charge in [-0.15, -0.1) is 0 Å². The summed E-state index contributed by atoms with van der Waals surface area (Å²) in [5, 5.41) is 7.69. The number of hydrogen-bond donors (Lipinski definition) is 2. The number of halogens is 1. The van der Waals surface area contributed by atoms with Crippen molar-refractivity contribution in [3.05, 3.63) is 53.2 Å². The Hall–Kier alpha value is -3.33. The maximum atomic E-state index is 12.9. The molecule has 1 aromatic heterocycles. The molecule has 48 heavy (non-hydrogen) atoms. The summed E-state index contributed by atoms with van der Waals surface area (Å²) in [6, 6.07) is 11.7. The van der Waals surface area contributed by atoms with Crippen molar-refractivity contribution >= 4 is 58.8 Å². The van der Waals surface area contributed by atoms with Gasteiger partial charge in [-0.25, -0.2) is 4.98 Å². The molecule has 0 amide bonds. The van der Waals surface area contributed by atoms with Crippen molar-refractivity contribution in [2.24, 2.45) is 5.41 Å². The number of nitrogens with zero attached hydrogens (tertiary/aromatic N) is 3. The highest BCUT2D eigenvalue weighted by Gasteiger charge is 2.38. The van der Waals surface area contributed by atoms with E-state index in [2.05, 4.69) is 44.6 Å². The summed E-state index contributed by atoms with van der Waals surface area (Å²) in [6.07, 6.45) is 9.69. The first-order valence-corrected chi connectivity index (χ1v) is 20.0. The topological polar surface area (TPSA) is 115 Å². The van der Waals surface area contributed by atoms with E-state index >= 15 is 0 Å². The highest BCUT2D eigenvalue weighted by atomic mass is 35.5. The van der Waals surface area contributed by atoms with E-state index in [0.29, 0.717) is 53.3 Å². The fraction of sp³-hybridized carbons (Fsp3) is 0.528. The second-order valence-corrected chi connectivity index (χ2v) is 16.7. The van der Waals surface area contributed by atoms with Crippen molar-refractivity contribution in [3.63, 3.8) is 0 Å². The normalized spacial score (nSPS) is 16.5. The minimum atomic E-state index is -2.54. The Morgan fingerprint density at radius 3 is 2.46 bits per heavy atom. The first-order valence-electron chi connectivity index (χ1n) is 17.0. The number of rotatable bonds is 13. The number of para-hydroxylation sites is 1. The van der Waals surface area contributed by atoms with Crippen LogP contribution in [-0.2, 0) is 25.3 Å². The van der Waals surface area contributed by atoms with Crippen molar-refractivity contribution in [1.29, 1.82) is 0 Å². The molecule has 3 aromatic rings. The van der Waals surface area contributed by atoms with Gasteiger partial charge in [0, 0.05) is 30.1 Å². The molecule has 0 radical (unpaired) electrons. The summed E-state index contributed by atoms with van der Waals surface area (Å²) < 4.78 is 29.8. The average Bonchev–Trinajstić information content (AvgIpc) is 3.07. The molecule has 5 rings (SSSR count). The smallest absolute Gasteiger partial charge is 0.308 e. The minimum Gasteiger partial charge on any atom is -0.494 e. The van der Waals surface area contributed by atoms with E-state index in [1.165, 1.54) is 11.3 Å². The third-order valence-corrected chi connectivity index (χ3v) is 11.5. The molecular weight excluding hydrogens is 649 g/mol. The molecule has 1 saturated heterocycles. The second kappa shape index (κ2) is 15.9. The Bertz CT molecular complexity index is 1610. The van der Waals surface area contributed by atoms with E-state index in [9.17, 15) is 9.36 Å². The molecule has 0 bridgehead atoms. The number of methoxy groups -OCH3 is 1. The lowest BCUT2D eigenvalue weighted by Gasteiger charge is -2.47. The lowest BCUT2D eigenvalue weighted by molar-refractivity contribution is -0.145. The number of anilines is 5. The van der Waals surface area contributed by atoms with Crippen molar-refractivity contribution in [3.8, 4) is 5.75 Å². The van der Waals surface area contributed by atoms with Gasteiger partial charge in [0.15, 0.2) is 5.82 Å². The summed E-state index contributed by atoms with van der Waals surface area (Å²) in [5.41, 5.74) is 4.25. The fourth-order valence-corrected chi connectivity index (χ4v) is 8.20. The number of benzene rings is 2. The Balaban J connectivity index is 1.24. The number of aromatic nitrogens is 2. The Morgan fingerprint density at radius 2 is 1.79 bits per heavy atom. The predicted octanol–water partition coefficient (Wildman–Crippen LogP) is 7.94. The average molecular weight is 698 g/mol. The van der Waals surface area contributed by atoms with Gasteiger partial charge >= 0.3 is 5.97 Å². The van der Waals surface area contributed by atoms with Crippen LogP contribution in [0.5, 0.6) is 5.75 Å². The number of piperidine rings is 1. The van der Waals surface area contributed by atoms with E-state index < -0.39 is 7.14 Å². The third-order valence-electron chi connectivity index (χ3n) is 9.63. The van der Waals surface area contributed by atoms with Gasteiger partial charge in [0.05, 0.1) is 50.4 Å². The minimum absolute atomic E-state index is 0.186. The van der Waals surface area contributed by atoms with Gasteiger partial charge in [0.25, 0.3) is 0 Å². The quantitative estimate of drug-likeness (QED) is 0.135. The Morgan fingerprint density at radius 1 is 1.06 bits per heavy atom. The van der Waals surface area contributed by atoms with Crippen LogP contribution in [-0.4, -0.2) is 68.8 Å². The van der Waals surface area contributed by atoms with Crippen LogP contribution in [0.15, 0.2) is 42.6 Å². The number of esters is 1. The van der Waals surface area contributed by atoms with Crippen molar-refractivity contribution in [2.75, 3.05) is 62.3 Å². The summed E-state index contributed by atoms with van der Waals surface area (Å²) in [5.74, 6) is 1.30. The molecule has 1 aliphatic heterocycles. The largest absolute Gasteiger partial charge is 0.494 e. The summed E-state index contributed by atoms with van der Waals surface area (Å²) >= 11 is 6.49. The zero-order chi connectivity index (χ0) is 34.3. The fourth-order valence-electron chi connectivity index (χ4n) is 6.90. The molecule has 1 spiro atoms. The van der Waals surface area contributed by atoms with Crippen molar-refractivity contribution < 1.29 is 23.6 Å². The molecule has 0 atom stereocenters. The number of carbonyl (C=O) groups excluding carboxylic acids is 1. The molecule has 10 nitrogen and oxygen atoms in total. The number of ether oxygens (including phenoxy) is 3. The molecule has 2 aromatic carbocycles. The van der Waals surface area contributed by atoms with Crippen LogP contribution in [0.1, 0.15) is 64.4 Å². The van der Waals surface area contributed by atoms with E-state index in [1.54, 1.807) is 26.6 Å². The van der Waals surface area contributed by atoms with Crippen LogP contribution < -0.4 is 25.6 Å². The zero-order valence-corrected chi connectivity index (χ0v) is 30.5. The first kappa shape index (κ1) is 36.0. The van der Waals surface area contributed by atoms with Crippen LogP contribution >= 0.6 is 18.7 Å². The number of carbonyl (C=O) groups is 1. The third kappa shape index (κ3) is 8.82. The van der Waals surface area contributed by atoms with Crippen LogP contribution in [0.25, 0.3) is 0 Å². The molecule has 1 aliphatic carbocycles. The molecule has 2 heterocycles. The Kier molecular flexibility index (Phi) is 11.9. The van der Waals surface area contributed by atoms with Gasteiger partial charge in [-0.05, 0) is 94.4 Å². The number of aryl methyl sites for hydroxylation is 1. The van der Waals surface area contributed by atoms with E-state index in [0.717, 1.165) is 69.0 Å². The molecular formula is C36H49ClN5O5P. The lowest BCUT2D eigenvalue weighted by atomic mass is 9.67. The summed E-state index contributed by atoms with van der Waals surface area (Å²) in [7, 11) is -0.860. The molecule has 1 saturated carbocycles. The molecule has 2 aliphatic rings. The lowest BCUT2D eigenvalue weighted by Crippen LogP contribution is -2.43. The van der Waals surface area contributed by atoms with E-state index in [4.69, 9.17) is 25.8 Å². The highest BCUT2D eigenvalue weighted by molar-refractivity contribution is 7.70. The van der Waals surface area contributed by atoms with Gasteiger partial charge in [0.2, 0.25) is 5.95 Å². The van der Waals surface area contributed by atoms with Gasteiger partial charge < -0.3 is 34.3 Å². The predicted molar refractivity (Wildman–Crippen MR) is 195 cm³/mol. The maximum Gasteiger partial charge on any atom is 0.308 e. The second-order valence-electron chi connectivity index (χ2n) is 13.2. The standard InChI is InChI=1S/C36H49ClN5O5P/c1-6-25-22-29(40-35-38-24-27(37)34(41-35)39-28-10-8-9-11-32(28)48(4,5)44)31(45-3)23-30(25)42-19-17-36(18-20-42)15-12-26(13-16-36)47-21-14-33(43)46-7-2/h8-11,22-24,26H,6-7,12-21H2,1-5H3,(H2,38,39,40,41). The molecule has 2 fully saturated rings. The summed E-state index contributed by atoms with van der Waals surface area (Å²) in [6.45, 7) is 10.3. The SMILES string of the molecule is CCOC(=O)CCOC1CCC2(CC1)CCN(c1cc(OC)c(Nc3ncc(Cl)c(Nc4ccccc4P(C)(C)=O)n3)cc1CC)CC2. The van der Waals surface area contributed by atoms with Gasteiger partial charge in [-0.3, -0.25) is 4.79 Å². The zero-order valence-electron chi connectivity index (χ0n) is 28.8. The summed E-state index contributed by atoms with van der Waals surface area (Å²) in [4.78, 5) is 23.2. The van der Waals surface area contributed by atoms with Gasteiger partial charge in [-0.1, -0.05) is 30.7 Å². The van der Waals surface area contributed by atoms with Crippen molar-refractivity contribution in [2.45, 2.75) is 71.3 Å². The first-order chi connectivity index (χ1) is 23.0. The van der Waals surface area contributed by atoms with Crippen molar-refractivity contribution in [1.82, 2.24) is 9.97 Å². The van der Waals surface area contributed by atoms with E-state index in [-0.39, 0.29) is 12.1 Å². The van der Waals surface area contributed by atoms with E-state index in [1.807, 2.05) is 31.2 Å². The molecule has 12 heteroatoms. The maximum absolute atomic E-state index is 12.9. The monoisotopic (exact) mass is 697 g/mol. The molecule has 260 valence electrons. The van der Waals surface area contributed by atoms with Crippen LogP contribution in [0, 0.1) is 5.41 Å². The van der Waals surface area contributed by atoms with Crippen LogP contribution in [0.3, 0.4) is 0 Å². The molecule has 0 unspecified atom stereocenters. The van der Waals surface area contributed by atoms with Gasteiger partial charge in [0.1, 0.15) is 17.9 Å².